The maximum atomic E-state index is 10.1. The molecule has 0 aliphatic rings. The van der Waals surface area contributed by atoms with Crippen LogP contribution in [0.3, 0.4) is 0 Å². The fourth-order valence-electron chi connectivity index (χ4n) is 1.20. The maximum absolute atomic E-state index is 10.1. The number of nitro groups is 1. The van der Waals surface area contributed by atoms with Gasteiger partial charge in [0.2, 0.25) is 3.79 Å². The minimum absolute atomic E-state index is 0.397. The van der Waals surface area contributed by atoms with Gasteiger partial charge in [-0.1, -0.05) is 81.7 Å². The van der Waals surface area contributed by atoms with Crippen molar-refractivity contribution in [2.75, 3.05) is 0 Å². The highest BCUT2D eigenvalue weighted by Gasteiger charge is 2.21. The molecule has 0 saturated heterocycles. The van der Waals surface area contributed by atoms with Gasteiger partial charge in [0.15, 0.2) is 5.03 Å². The predicted octanol–water partition coefficient (Wildman–Crippen LogP) is 4.97. The lowest BCUT2D eigenvalue weighted by Crippen LogP contribution is -2.29. The summed E-state index contributed by atoms with van der Waals surface area (Å²) in [5.74, 6) is 0. The number of hydrogen-bond acceptors (Lipinski definition) is 3. The normalized spacial score (nSPS) is 11.6. The number of halogens is 3. The van der Waals surface area contributed by atoms with Crippen molar-refractivity contribution in [2.24, 2.45) is 0 Å². The second kappa shape index (κ2) is 9.95. The first-order valence-electron chi connectivity index (χ1n) is 5.72. The SMILES string of the molecule is C=CCC(C=C)N(S)[N+](=O)[O-].ClC(Cl)(Cl)c1ccccc1. The minimum atomic E-state index is -1.29. The first-order valence-corrected chi connectivity index (χ1v) is 7.25. The summed E-state index contributed by atoms with van der Waals surface area (Å²) in [7, 11) is 0. The molecule has 0 aromatic heterocycles. The van der Waals surface area contributed by atoms with E-state index >= 15 is 0 Å². The van der Waals surface area contributed by atoms with Gasteiger partial charge in [-0.2, -0.15) is 0 Å². The summed E-state index contributed by atoms with van der Waals surface area (Å²) in [5.41, 5.74) is 0.694. The highest BCUT2D eigenvalue weighted by atomic mass is 35.6. The van der Waals surface area contributed by atoms with Gasteiger partial charge in [-0.05, 0) is 6.42 Å². The van der Waals surface area contributed by atoms with Crippen molar-refractivity contribution >= 4 is 47.6 Å². The van der Waals surface area contributed by atoms with Gasteiger partial charge in [0.1, 0.15) is 6.04 Å². The van der Waals surface area contributed by atoms with E-state index in [0.29, 0.717) is 16.4 Å². The van der Waals surface area contributed by atoms with Crippen LogP contribution in [0.15, 0.2) is 55.6 Å². The van der Waals surface area contributed by atoms with Gasteiger partial charge in [0, 0.05) is 18.4 Å². The van der Waals surface area contributed by atoms with Crippen molar-refractivity contribution in [3.05, 3.63) is 71.3 Å². The quantitative estimate of drug-likeness (QED) is 0.262. The Bertz CT molecular complexity index is 466. The zero-order chi connectivity index (χ0) is 16.5. The third-order valence-electron chi connectivity index (χ3n) is 2.25. The van der Waals surface area contributed by atoms with Crippen molar-refractivity contribution in [3.8, 4) is 0 Å². The van der Waals surface area contributed by atoms with E-state index < -0.39 is 14.9 Å². The van der Waals surface area contributed by atoms with E-state index in [1.54, 1.807) is 18.2 Å². The van der Waals surface area contributed by atoms with Crippen molar-refractivity contribution in [1.82, 2.24) is 4.41 Å². The van der Waals surface area contributed by atoms with Crippen LogP contribution in [0.5, 0.6) is 0 Å². The van der Waals surface area contributed by atoms with E-state index in [9.17, 15) is 10.1 Å². The standard InChI is InChI=1S/C7H5Cl3.C6H10N2O2S/c8-7(9,10)6-4-2-1-3-5-6;1-3-5-6(4-2)7(11)8(9)10/h1-5H;3-4,6,11H,1-2,5H2. The summed E-state index contributed by atoms with van der Waals surface area (Å²) in [6.07, 6.45) is 3.50. The minimum Gasteiger partial charge on any atom is -0.234 e. The van der Waals surface area contributed by atoms with Crippen molar-refractivity contribution in [2.45, 2.75) is 16.3 Å². The summed E-state index contributed by atoms with van der Waals surface area (Å²) in [4.78, 5) is 10.1. The largest absolute Gasteiger partial charge is 0.234 e. The van der Waals surface area contributed by atoms with E-state index in [1.165, 1.54) is 6.08 Å². The van der Waals surface area contributed by atoms with Gasteiger partial charge in [0.25, 0.3) is 0 Å². The zero-order valence-corrected chi connectivity index (χ0v) is 14.2. The van der Waals surface area contributed by atoms with Gasteiger partial charge in [0.05, 0.1) is 0 Å². The smallest absolute Gasteiger partial charge is 0.216 e. The molecule has 1 unspecified atom stereocenters. The highest BCUT2D eigenvalue weighted by Crippen LogP contribution is 2.37. The molecule has 0 fully saturated rings. The molecular formula is C13H15Cl3N2O2S. The Morgan fingerprint density at radius 2 is 1.86 bits per heavy atom. The zero-order valence-electron chi connectivity index (χ0n) is 11.0. The Morgan fingerprint density at radius 3 is 2.14 bits per heavy atom. The number of thiol groups is 1. The Labute approximate surface area is 144 Å². The van der Waals surface area contributed by atoms with Crippen LogP contribution in [0.25, 0.3) is 0 Å². The third-order valence-corrected chi connectivity index (χ3v) is 3.34. The molecule has 4 nitrogen and oxygen atoms in total. The first kappa shape index (κ1) is 20.1. The molecule has 0 spiro atoms. The van der Waals surface area contributed by atoms with Crippen LogP contribution in [-0.2, 0) is 3.79 Å². The number of nitrogens with zero attached hydrogens (tertiary/aromatic N) is 2. The number of alkyl halides is 3. The van der Waals surface area contributed by atoms with Crippen LogP contribution in [0.2, 0.25) is 0 Å². The van der Waals surface area contributed by atoms with Crippen LogP contribution in [-0.4, -0.2) is 15.5 Å². The second-order valence-electron chi connectivity index (χ2n) is 3.75. The molecular weight excluding hydrogens is 355 g/mol. The molecule has 0 radical (unpaired) electrons. The maximum Gasteiger partial charge on any atom is 0.216 e. The Morgan fingerprint density at radius 1 is 1.33 bits per heavy atom. The third kappa shape index (κ3) is 8.21. The van der Waals surface area contributed by atoms with Gasteiger partial charge in [-0.25, -0.2) is 10.1 Å². The Balaban J connectivity index is 0.000000382. The number of hydrazine groups is 1. The predicted molar refractivity (Wildman–Crippen MR) is 92.3 cm³/mol. The van der Waals surface area contributed by atoms with E-state index in [2.05, 4.69) is 26.0 Å². The first-order chi connectivity index (χ1) is 9.73. The van der Waals surface area contributed by atoms with E-state index in [1.807, 2.05) is 18.2 Å². The van der Waals surface area contributed by atoms with Gasteiger partial charge < -0.3 is 0 Å². The summed E-state index contributed by atoms with van der Waals surface area (Å²) >= 11 is 20.4. The average molecular weight is 370 g/mol. The molecule has 1 aromatic rings. The second-order valence-corrected chi connectivity index (χ2v) is 6.44. The van der Waals surface area contributed by atoms with Crippen molar-refractivity contribution in [1.29, 1.82) is 0 Å². The fourth-order valence-corrected chi connectivity index (χ4v) is 1.77. The molecule has 0 bridgehead atoms. The highest BCUT2D eigenvalue weighted by molar-refractivity contribution is 7.77. The summed E-state index contributed by atoms with van der Waals surface area (Å²) in [6.45, 7) is 6.90. The molecule has 1 rings (SSSR count). The number of hydrogen-bond donors (Lipinski definition) is 1. The molecule has 116 valence electrons. The van der Waals surface area contributed by atoms with Gasteiger partial charge in [-0.3, -0.25) is 0 Å². The van der Waals surface area contributed by atoms with E-state index in [0.717, 1.165) is 0 Å². The lowest BCUT2D eigenvalue weighted by Gasteiger charge is -2.13. The average Bonchev–Trinajstić information content (AvgIpc) is 2.44. The van der Waals surface area contributed by atoms with E-state index in [4.69, 9.17) is 34.8 Å². The monoisotopic (exact) mass is 368 g/mol. The molecule has 0 amide bonds. The molecule has 0 heterocycles. The lowest BCUT2D eigenvalue weighted by atomic mass is 10.2. The molecule has 21 heavy (non-hydrogen) atoms. The molecule has 1 aromatic carbocycles. The Kier molecular flexibility index (Phi) is 9.53. The summed E-state index contributed by atoms with van der Waals surface area (Å²) in [6, 6.07) is 8.68. The van der Waals surface area contributed by atoms with Crippen LogP contribution in [0.4, 0.5) is 0 Å². The Hall–Kier alpha value is -0.880. The molecule has 0 aliphatic carbocycles. The van der Waals surface area contributed by atoms with Crippen LogP contribution >= 0.6 is 47.6 Å². The number of rotatable bonds is 5. The molecule has 1 atom stereocenters. The molecule has 0 saturated carbocycles. The summed E-state index contributed by atoms with van der Waals surface area (Å²) < 4.78 is -0.587. The van der Waals surface area contributed by atoms with Crippen LogP contribution in [0.1, 0.15) is 12.0 Å². The van der Waals surface area contributed by atoms with Crippen LogP contribution < -0.4 is 0 Å². The van der Waals surface area contributed by atoms with Crippen LogP contribution in [0, 0.1) is 10.1 Å². The summed E-state index contributed by atoms with van der Waals surface area (Å²) in [5, 5.41) is 9.55. The van der Waals surface area contributed by atoms with Crippen molar-refractivity contribution in [3.63, 3.8) is 0 Å². The lowest BCUT2D eigenvalue weighted by molar-refractivity contribution is -0.621. The van der Waals surface area contributed by atoms with Crippen molar-refractivity contribution < 1.29 is 5.03 Å². The topological polar surface area (TPSA) is 46.4 Å². The molecule has 0 aliphatic heterocycles. The number of benzene rings is 1. The molecule has 0 N–H and O–H groups in total. The van der Waals surface area contributed by atoms with E-state index in [-0.39, 0.29) is 0 Å². The fraction of sp³-hybridized carbons (Fsp3) is 0.231. The van der Waals surface area contributed by atoms with Gasteiger partial charge >= 0.3 is 0 Å². The molecule has 8 heteroatoms. The van der Waals surface area contributed by atoms with Gasteiger partial charge in [-0.15, -0.1) is 13.2 Å².